The molecule has 2 nitrogen and oxygen atoms in total. The molecule has 134 valence electrons. The van der Waals surface area contributed by atoms with Crippen LogP contribution in [0, 0.1) is 40.4 Å². The van der Waals surface area contributed by atoms with E-state index in [1.54, 1.807) is 5.57 Å². The van der Waals surface area contributed by atoms with Gasteiger partial charge in [0.1, 0.15) is 5.78 Å². The van der Waals surface area contributed by atoms with Crippen LogP contribution in [0.2, 0.25) is 0 Å². The number of hydrogen-bond donors (Lipinski definition) is 1. The van der Waals surface area contributed by atoms with Crippen LogP contribution < -0.4 is 0 Å². The molecule has 0 aromatic rings. The smallest absolute Gasteiger partial charge is 0.133 e. The van der Waals surface area contributed by atoms with Crippen LogP contribution in [-0.2, 0) is 4.79 Å². The van der Waals surface area contributed by atoms with E-state index in [9.17, 15) is 9.90 Å². The van der Waals surface area contributed by atoms with Gasteiger partial charge in [-0.3, -0.25) is 4.79 Å². The largest absolute Gasteiger partial charge is 0.393 e. The fourth-order valence-electron chi connectivity index (χ4n) is 7.87. The Bertz CT molecular complexity index is 579. The predicted molar refractivity (Wildman–Crippen MR) is 96.4 cm³/mol. The molecule has 0 saturated heterocycles. The highest BCUT2D eigenvalue weighted by atomic mass is 16.3. The Balaban J connectivity index is 1.68. The van der Waals surface area contributed by atoms with Crippen LogP contribution in [0.5, 0.6) is 0 Å². The predicted octanol–water partition coefficient (Wildman–Crippen LogP) is 4.76. The van der Waals surface area contributed by atoms with Crippen molar-refractivity contribution in [2.45, 2.75) is 78.7 Å². The van der Waals surface area contributed by atoms with Gasteiger partial charge in [-0.15, -0.1) is 0 Å². The maximum Gasteiger partial charge on any atom is 0.133 e. The average Bonchev–Trinajstić information content (AvgIpc) is 2.78. The molecule has 3 saturated carbocycles. The molecular weight excluding hydrogens is 296 g/mol. The summed E-state index contributed by atoms with van der Waals surface area (Å²) in [5.74, 6) is 3.46. The second-order valence-electron chi connectivity index (χ2n) is 10.0. The molecule has 3 fully saturated rings. The minimum Gasteiger partial charge on any atom is -0.393 e. The van der Waals surface area contributed by atoms with Gasteiger partial charge >= 0.3 is 0 Å². The Labute approximate surface area is 147 Å². The highest BCUT2D eigenvalue weighted by Crippen LogP contribution is 2.67. The van der Waals surface area contributed by atoms with Gasteiger partial charge in [0, 0.05) is 5.92 Å². The fourth-order valence-corrected chi connectivity index (χ4v) is 7.87. The molecule has 4 aliphatic carbocycles. The molecule has 2 heteroatoms. The lowest BCUT2D eigenvalue weighted by molar-refractivity contribution is -0.128. The first kappa shape index (κ1) is 16.8. The highest BCUT2D eigenvalue weighted by Gasteiger charge is 2.61. The number of fused-ring (bicyclic) bond motifs is 5. The standard InChI is InChI=1S/C22H34O2/c1-13-11-19-17-6-5-15-12-16(24)7-9-21(15,3)18(17)8-10-22(19,4)20(13)14(2)23/h5,13,16-20,24H,6-12H2,1-4H3/t13?,16?,17?,18-,19-,20?,21?,22?/m0/s1. The summed E-state index contributed by atoms with van der Waals surface area (Å²) in [5.41, 5.74) is 2.07. The molecule has 0 amide bonds. The summed E-state index contributed by atoms with van der Waals surface area (Å²) in [6.07, 6.45) is 10.3. The lowest BCUT2D eigenvalue weighted by Crippen LogP contribution is -2.51. The van der Waals surface area contributed by atoms with Crippen LogP contribution in [0.25, 0.3) is 0 Å². The number of Topliss-reactive ketones (excluding diaryl/α,β-unsaturated/α-hetero) is 1. The number of carbonyl (C=O) groups is 1. The third kappa shape index (κ3) is 2.14. The summed E-state index contributed by atoms with van der Waals surface area (Å²) in [6, 6.07) is 0. The van der Waals surface area contributed by atoms with E-state index in [0.717, 1.165) is 31.1 Å². The van der Waals surface area contributed by atoms with Crippen molar-refractivity contribution >= 4 is 5.78 Å². The van der Waals surface area contributed by atoms with Gasteiger partial charge < -0.3 is 5.11 Å². The minimum absolute atomic E-state index is 0.122. The molecule has 1 N–H and O–H groups in total. The summed E-state index contributed by atoms with van der Waals surface area (Å²) in [6.45, 7) is 9.04. The van der Waals surface area contributed by atoms with E-state index in [-0.39, 0.29) is 17.4 Å². The minimum atomic E-state index is -0.122. The van der Waals surface area contributed by atoms with Crippen LogP contribution in [0.4, 0.5) is 0 Å². The number of allylic oxidation sites excluding steroid dienone is 1. The van der Waals surface area contributed by atoms with Gasteiger partial charge in [0.2, 0.25) is 0 Å². The lowest BCUT2D eigenvalue weighted by Gasteiger charge is -2.57. The van der Waals surface area contributed by atoms with E-state index in [4.69, 9.17) is 0 Å². The van der Waals surface area contributed by atoms with Crippen molar-refractivity contribution in [1.82, 2.24) is 0 Å². The second-order valence-corrected chi connectivity index (χ2v) is 10.0. The van der Waals surface area contributed by atoms with Gasteiger partial charge in [0.05, 0.1) is 6.10 Å². The molecule has 0 radical (unpaired) electrons. The van der Waals surface area contributed by atoms with Crippen LogP contribution in [0.3, 0.4) is 0 Å². The summed E-state index contributed by atoms with van der Waals surface area (Å²) in [5, 5.41) is 10.1. The fraction of sp³-hybridized carbons (Fsp3) is 0.864. The topological polar surface area (TPSA) is 37.3 Å². The van der Waals surface area contributed by atoms with Crippen molar-refractivity contribution in [2.75, 3.05) is 0 Å². The van der Waals surface area contributed by atoms with E-state index in [1.165, 1.54) is 25.7 Å². The SMILES string of the molecule is CC(=O)C1C(C)C[C@H]2C3CC=C4CC(O)CCC4(C)[C@H]3CCC12C. The Kier molecular flexibility index (Phi) is 3.81. The molecule has 0 aromatic heterocycles. The first-order valence-corrected chi connectivity index (χ1v) is 10.2. The zero-order valence-electron chi connectivity index (χ0n) is 15.8. The maximum atomic E-state index is 12.4. The van der Waals surface area contributed by atoms with E-state index in [2.05, 4.69) is 26.8 Å². The number of hydrogen-bond acceptors (Lipinski definition) is 2. The molecule has 6 unspecified atom stereocenters. The van der Waals surface area contributed by atoms with Gasteiger partial charge in [0.15, 0.2) is 0 Å². The number of aliphatic hydroxyl groups is 1. The molecule has 0 bridgehead atoms. The molecule has 4 aliphatic rings. The van der Waals surface area contributed by atoms with Crippen molar-refractivity contribution in [3.8, 4) is 0 Å². The first-order valence-electron chi connectivity index (χ1n) is 10.2. The summed E-state index contributed by atoms with van der Waals surface area (Å²) in [7, 11) is 0. The van der Waals surface area contributed by atoms with Crippen molar-refractivity contribution < 1.29 is 9.90 Å². The normalized spacial score (nSPS) is 53.6. The third-order valence-corrected chi connectivity index (χ3v) is 8.86. The molecule has 0 heterocycles. The van der Waals surface area contributed by atoms with Crippen molar-refractivity contribution in [3.05, 3.63) is 11.6 Å². The van der Waals surface area contributed by atoms with Crippen LogP contribution in [-0.4, -0.2) is 17.0 Å². The van der Waals surface area contributed by atoms with E-state index in [0.29, 0.717) is 23.0 Å². The second kappa shape index (κ2) is 5.43. The molecule has 24 heavy (non-hydrogen) atoms. The summed E-state index contributed by atoms with van der Waals surface area (Å²) < 4.78 is 0. The highest BCUT2D eigenvalue weighted by molar-refractivity contribution is 5.80. The maximum absolute atomic E-state index is 12.4. The van der Waals surface area contributed by atoms with E-state index < -0.39 is 0 Å². The Morgan fingerprint density at radius 3 is 2.67 bits per heavy atom. The van der Waals surface area contributed by atoms with Crippen LogP contribution in [0.15, 0.2) is 11.6 Å². The zero-order valence-corrected chi connectivity index (χ0v) is 15.8. The first-order chi connectivity index (χ1) is 11.3. The van der Waals surface area contributed by atoms with Crippen molar-refractivity contribution in [2.24, 2.45) is 40.4 Å². The van der Waals surface area contributed by atoms with Crippen molar-refractivity contribution in [1.29, 1.82) is 0 Å². The Morgan fingerprint density at radius 2 is 1.96 bits per heavy atom. The lowest BCUT2D eigenvalue weighted by atomic mass is 9.47. The van der Waals surface area contributed by atoms with Gasteiger partial charge in [-0.25, -0.2) is 0 Å². The Hall–Kier alpha value is -0.630. The zero-order chi connectivity index (χ0) is 17.3. The van der Waals surface area contributed by atoms with Gasteiger partial charge in [0.25, 0.3) is 0 Å². The Morgan fingerprint density at radius 1 is 1.21 bits per heavy atom. The number of aliphatic hydroxyl groups excluding tert-OH is 1. The molecule has 8 atom stereocenters. The third-order valence-electron chi connectivity index (χ3n) is 8.86. The van der Waals surface area contributed by atoms with Gasteiger partial charge in [-0.1, -0.05) is 32.4 Å². The monoisotopic (exact) mass is 330 g/mol. The van der Waals surface area contributed by atoms with Gasteiger partial charge in [-0.05, 0) is 86.4 Å². The molecule has 0 aromatic carbocycles. The summed E-state index contributed by atoms with van der Waals surface area (Å²) in [4.78, 5) is 12.4. The molecular formula is C22H34O2. The quantitative estimate of drug-likeness (QED) is 0.704. The van der Waals surface area contributed by atoms with E-state index in [1.807, 2.05) is 6.92 Å². The number of carbonyl (C=O) groups excluding carboxylic acids is 1. The molecule has 4 rings (SSSR count). The average molecular weight is 331 g/mol. The van der Waals surface area contributed by atoms with Crippen LogP contribution in [0.1, 0.15) is 72.6 Å². The molecule has 0 aliphatic heterocycles. The summed E-state index contributed by atoms with van der Waals surface area (Å²) >= 11 is 0. The van der Waals surface area contributed by atoms with Crippen LogP contribution >= 0.6 is 0 Å². The number of ketones is 1. The van der Waals surface area contributed by atoms with Gasteiger partial charge in [-0.2, -0.15) is 0 Å². The van der Waals surface area contributed by atoms with E-state index >= 15 is 0 Å². The number of rotatable bonds is 1. The molecule has 0 spiro atoms. The van der Waals surface area contributed by atoms with Crippen molar-refractivity contribution in [3.63, 3.8) is 0 Å².